The number of aryl methyl sites for hydroxylation is 1. The van der Waals surface area contributed by atoms with E-state index in [0.29, 0.717) is 21.5 Å². The molecule has 2 aromatic rings. The fourth-order valence-electron chi connectivity index (χ4n) is 1.48. The van der Waals surface area contributed by atoms with E-state index in [1.54, 1.807) is 30.3 Å². The van der Waals surface area contributed by atoms with E-state index < -0.39 is 0 Å². The van der Waals surface area contributed by atoms with Gasteiger partial charge in [0.05, 0.1) is 5.02 Å². The number of aromatic hydroxyl groups is 1. The van der Waals surface area contributed by atoms with Crippen molar-refractivity contribution < 1.29 is 9.84 Å². The Hall–Kier alpha value is -1.38. The third-order valence-corrected chi connectivity index (χ3v) is 2.73. The summed E-state index contributed by atoms with van der Waals surface area (Å²) >= 11 is 11.9. The normalized spacial score (nSPS) is 10.3. The molecule has 2 nitrogen and oxygen atoms in total. The number of ether oxygens (including phenoxy) is 1. The zero-order valence-electron chi connectivity index (χ0n) is 9.08. The van der Waals surface area contributed by atoms with Crippen molar-refractivity contribution in [1.82, 2.24) is 0 Å². The summed E-state index contributed by atoms with van der Waals surface area (Å²) in [7, 11) is 0. The van der Waals surface area contributed by atoms with Crippen LogP contribution < -0.4 is 4.74 Å². The Morgan fingerprint density at radius 1 is 1.12 bits per heavy atom. The monoisotopic (exact) mass is 268 g/mol. The predicted octanol–water partition coefficient (Wildman–Crippen LogP) is 4.80. The van der Waals surface area contributed by atoms with Crippen LogP contribution in [0.15, 0.2) is 36.4 Å². The maximum absolute atomic E-state index is 9.34. The molecule has 0 atom stereocenters. The third kappa shape index (κ3) is 2.84. The zero-order chi connectivity index (χ0) is 12.4. The van der Waals surface area contributed by atoms with Gasteiger partial charge in [-0.25, -0.2) is 0 Å². The number of halogens is 2. The first-order valence-corrected chi connectivity index (χ1v) is 5.74. The molecule has 2 aromatic carbocycles. The molecule has 0 spiro atoms. The Balaban J connectivity index is 2.36. The van der Waals surface area contributed by atoms with Crippen LogP contribution in [0.2, 0.25) is 10.0 Å². The maximum Gasteiger partial charge on any atom is 0.149 e. The average molecular weight is 269 g/mol. The molecule has 0 fully saturated rings. The summed E-state index contributed by atoms with van der Waals surface area (Å²) in [5.74, 6) is 1.21. The lowest BCUT2D eigenvalue weighted by atomic mass is 10.2. The third-order valence-electron chi connectivity index (χ3n) is 2.23. The number of phenolic OH excluding ortho intramolecular Hbond substituents is 1. The number of phenols is 1. The molecule has 0 heterocycles. The molecule has 88 valence electrons. The molecule has 0 amide bonds. The van der Waals surface area contributed by atoms with Gasteiger partial charge in [0.1, 0.15) is 17.2 Å². The van der Waals surface area contributed by atoms with Gasteiger partial charge in [-0.1, -0.05) is 29.3 Å². The standard InChI is InChI=1S/C13H10Cl2O2/c1-8-5-9(14)6-12(15)13(8)17-11-4-2-3-10(16)7-11/h2-7,16H,1H3. The van der Waals surface area contributed by atoms with Crippen LogP contribution in [-0.2, 0) is 0 Å². The first-order valence-electron chi connectivity index (χ1n) is 4.99. The number of hydrogen-bond donors (Lipinski definition) is 1. The van der Waals surface area contributed by atoms with Gasteiger partial charge in [-0.2, -0.15) is 0 Å². The second kappa shape index (κ2) is 4.86. The van der Waals surface area contributed by atoms with Gasteiger partial charge in [-0.3, -0.25) is 0 Å². The van der Waals surface area contributed by atoms with Gasteiger partial charge in [0.2, 0.25) is 0 Å². The van der Waals surface area contributed by atoms with Crippen LogP contribution >= 0.6 is 23.2 Å². The van der Waals surface area contributed by atoms with Crippen molar-refractivity contribution in [3.05, 3.63) is 52.0 Å². The lowest BCUT2D eigenvalue weighted by Gasteiger charge is -2.11. The molecule has 1 N–H and O–H groups in total. The van der Waals surface area contributed by atoms with Gasteiger partial charge in [-0.15, -0.1) is 0 Å². The van der Waals surface area contributed by atoms with Gasteiger partial charge in [0.25, 0.3) is 0 Å². The lowest BCUT2D eigenvalue weighted by molar-refractivity contribution is 0.454. The van der Waals surface area contributed by atoms with Crippen molar-refractivity contribution in [2.45, 2.75) is 6.92 Å². The molecule has 0 saturated heterocycles. The molecule has 4 heteroatoms. The second-order valence-electron chi connectivity index (χ2n) is 3.63. The topological polar surface area (TPSA) is 29.5 Å². The van der Waals surface area contributed by atoms with Crippen LogP contribution in [0.4, 0.5) is 0 Å². The number of benzene rings is 2. The molecule has 0 saturated carbocycles. The minimum atomic E-state index is 0.144. The average Bonchev–Trinajstić information content (AvgIpc) is 2.23. The van der Waals surface area contributed by atoms with Gasteiger partial charge >= 0.3 is 0 Å². The lowest BCUT2D eigenvalue weighted by Crippen LogP contribution is -1.89. The number of rotatable bonds is 2. The number of hydrogen-bond acceptors (Lipinski definition) is 2. The Labute approximate surface area is 109 Å². The van der Waals surface area contributed by atoms with E-state index in [9.17, 15) is 5.11 Å². The first kappa shape index (κ1) is 12.1. The molecule has 0 aliphatic carbocycles. The van der Waals surface area contributed by atoms with Crippen LogP contribution in [0, 0.1) is 6.92 Å². The van der Waals surface area contributed by atoms with E-state index in [0.717, 1.165) is 5.56 Å². The molecular weight excluding hydrogens is 259 g/mol. The van der Waals surface area contributed by atoms with Crippen LogP contribution in [0.25, 0.3) is 0 Å². The summed E-state index contributed by atoms with van der Waals surface area (Å²) in [5.41, 5.74) is 0.839. The Morgan fingerprint density at radius 3 is 2.53 bits per heavy atom. The second-order valence-corrected chi connectivity index (χ2v) is 4.48. The smallest absolute Gasteiger partial charge is 0.149 e. The van der Waals surface area contributed by atoms with Gasteiger partial charge < -0.3 is 9.84 Å². The van der Waals surface area contributed by atoms with E-state index in [-0.39, 0.29) is 5.75 Å². The Kier molecular flexibility index (Phi) is 3.46. The Morgan fingerprint density at radius 2 is 1.88 bits per heavy atom. The largest absolute Gasteiger partial charge is 0.508 e. The molecule has 0 bridgehead atoms. The molecule has 0 aromatic heterocycles. The van der Waals surface area contributed by atoms with Crippen molar-refractivity contribution in [3.63, 3.8) is 0 Å². The summed E-state index contributed by atoms with van der Waals surface area (Å²) in [6.07, 6.45) is 0. The summed E-state index contributed by atoms with van der Waals surface area (Å²) in [6, 6.07) is 9.92. The molecule has 17 heavy (non-hydrogen) atoms. The summed E-state index contributed by atoms with van der Waals surface area (Å²) in [5, 5.41) is 10.3. The van der Waals surface area contributed by atoms with Gasteiger partial charge in [0.15, 0.2) is 0 Å². The molecular formula is C13H10Cl2O2. The van der Waals surface area contributed by atoms with Crippen molar-refractivity contribution in [1.29, 1.82) is 0 Å². The van der Waals surface area contributed by atoms with Crippen molar-refractivity contribution in [3.8, 4) is 17.2 Å². The Bertz CT molecular complexity index is 530. The fourth-order valence-corrected chi connectivity index (χ4v) is 2.12. The van der Waals surface area contributed by atoms with Crippen molar-refractivity contribution >= 4 is 23.2 Å². The van der Waals surface area contributed by atoms with Crippen molar-refractivity contribution in [2.75, 3.05) is 0 Å². The highest BCUT2D eigenvalue weighted by Crippen LogP contribution is 2.35. The van der Waals surface area contributed by atoms with E-state index in [1.165, 1.54) is 6.07 Å². The molecule has 0 aliphatic heterocycles. The van der Waals surface area contributed by atoms with E-state index in [1.807, 2.05) is 6.92 Å². The van der Waals surface area contributed by atoms with Crippen LogP contribution in [-0.4, -0.2) is 5.11 Å². The quantitative estimate of drug-likeness (QED) is 0.848. The fraction of sp³-hybridized carbons (Fsp3) is 0.0769. The van der Waals surface area contributed by atoms with Crippen LogP contribution in [0.5, 0.6) is 17.2 Å². The van der Waals surface area contributed by atoms with Gasteiger partial charge in [-0.05, 0) is 36.8 Å². The molecule has 0 unspecified atom stereocenters. The van der Waals surface area contributed by atoms with E-state index >= 15 is 0 Å². The highest BCUT2D eigenvalue weighted by molar-refractivity contribution is 6.35. The minimum Gasteiger partial charge on any atom is -0.508 e. The van der Waals surface area contributed by atoms with E-state index in [2.05, 4.69) is 0 Å². The first-order chi connectivity index (χ1) is 8.06. The molecule has 0 radical (unpaired) electrons. The predicted molar refractivity (Wildman–Crippen MR) is 69.4 cm³/mol. The summed E-state index contributed by atoms with van der Waals surface area (Å²) in [4.78, 5) is 0. The molecule has 0 aliphatic rings. The van der Waals surface area contributed by atoms with Crippen molar-refractivity contribution in [2.24, 2.45) is 0 Å². The minimum absolute atomic E-state index is 0.144. The SMILES string of the molecule is Cc1cc(Cl)cc(Cl)c1Oc1cccc(O)c1. The van der Waals surface area contributed by atoms with Gasteiger partial charge in [0, 0.05) is 11.1 Å². The summed E-state index contributed by atoms with van der Waals surface area (Å²) in [6.45, 7) is 1.86. The molecule has 2 rings (SSSR count). The summed E-state index contributed by atoms with van der Waals surface area (Å²) < 4.78 is 5.63. The zero-order valence-corrected chi connectivity index (χ0v) is 10.6. The maximum atomic E-state index is 9.34. The van der Waals surface area contributed by atoms with E-state index in [4.69, 9.17) is 27.9 Å². The van der Waals surface area contributed by atoms with Crippen LogP contribution in [0.3, 0.4) is 0 Å². The highest BCUT2D eigenvalue weighted by Gasteiger charge is 2.08. The van der Waals surface area contributed by atoms with Crippen LogP contribution in [0.1, 0.15) is 5.56 Å². The highest BCUT2D eigenvalue weighted by atomic mass is 35.5.